The van der Waals surface area contributed by atoms with E-state index < -0.39 is 8.32 Å². The van der Waals surface area contributed by atoms with Crippen LogP contribution >= 0.6 is 12.6 Å². The summed E-state index contributed by atoms with van der Waals surface area (Å²) in [6.07, 6.45) is 1.21. The highest BCUT2D eigenvalue weighted by molar-refractivity contribution is 7.80. The zero-order valence-electron chi connectivity index (χ0n) is 7.89. The number of hydrogen-bond acceptors (Lipinski definition) is 2. The molecule has 0 rings (SSSR count). The van der Waals surface area contributed by atoms with Gasteiger partial charge in [-0.15, -0.1) is 0 Å². The molecular formula is C8H20OSSi. The Balaban J connectivity index is 3.84. The van der Waals surface area contributed by atoms with Gasteiger partial charge >= 0.3 is 0 Å². The monoisotopic (exact) mass is 192 g/mol. The van der Waals surface area contributed by atoms with Gasteiger partial charge in [-0.2, -0.15) is 12.6 Å². The minimum atomic E-state index is -1.29. The molecule has 0 bridgehead atoms. The summed E-state index contributed by atoms with van der Waals surface area (Å²) in [5.41, 5.74) is 0. The molecule has 0 saturated carbocycles. The third-order valence-electron chi connectivity index (χ3n) is 2.51. The zero-order chi connectivity index (χ0) is 8.74. The molecule has 0 unspecified atom stereocenters. The van der Waals surface area contributed by atoms with Crippen molar-refractivity contribution in [1.82, 2.24) is 0 Å². The fraction of sp³-hybridized carbons (Fsp3) is 1.00. The summed E-state index contributed by atoms with van der Waals surface area (Å²) in [5, 5.41) is 0. The van der Waals surface area contributed by atoms with Crippen LogP contribution in [0.3, 0.4) is 0 Å². The fourth-order valence-electron chi connectivity index (χ4n) is 1.40. The topological polar surface area (TPSA) is 9.23 Å². The molecule has 0 aromatic heterocycles. The van der Waals surface area contributed by atoms with Crippen molar-refractivity contribution in [3.05, 3.63) is 0 Å². The molecule has 0 aromatic rings. The number of rotatable bonds is 6. The third kappa shape index (κ3) is 3.63. The van der Waals surface area contributed by atoms with E-state index in [4.69, 9.17) is 4.43 Å². The molecule has 0 aromatic carbocycles. The summed E-state index contributed by atoms with van der Waals surface area (Å²) < 4.78 is 5.64. The maximum atomic E-state index is 5.64. The van der Waals surface area contributed by atoms with Crippen LogP contribution in [0.15, 0.2) is 0 Å². The predicted molar refractivity (Wildman–Crippen MR) is 57.0 cm³/mol. The zero-order valence-corrected chi connectivity index (χ0v) is 9.79. The molecule has 11 heavy (non-hydrogen) atoms. The van der Waals surface area contributed by atoms with E-state index in [1.54, 1.807) is 0 Å². The molecule has 0 spiro atoms. The molecule has 0 aliphatic rings. The van der Waals surface area contributed by atoms with Crippen LogP contribution in [0.4, 0.5) is 0 Å². The molecule has 0 saturated heterocycles. The van der Waals surface area contributed by atoms with E-state index in [9.17, 15) is 0 Å². The number of thiol groups is 1. The lowest BCUT2D eigenvalue weighted by Crippen LogP contribution is -2.35. The Kier molecular flexibility index (Phi) is 6.38. The summed E-state index contributed by atoms with van der Waals surface area (Å²) in [6, 6.07) is 3.77. The summed E-state index contributed by atoms with van der Waals surface area (Å²) in [7, 11) is 0.585. The van der Waals surface area contributed by atoms with Crippen LogP contribution in [0.1, 0.15) is 20.3 Å². The Bertz CT molecular complexity index is 85.8. The van der Waals surface area contributed by atoms with Gasteiger partial charge in [0.1, 0.15) is 0 Å². The van der Waals surface area contributed by atoms with Crippen LogP contribution < -0.4 is 0 Å². The second-order valence-corrected chi connectivity index (χ2v) is 8.06. The van der Waals surface area contributed by atoms with Gasteiger partial charge < -0.3 is 4.43 Å². The van der Waals surface area contributed by atoms with Gasteiger partial charge in [-0.3, -0.25) is 0 Å². The van der Waals surface area contributed by atoms with Gasteiger partial charge in [-0.1, -0.05) is 13.8 Å². The molecule has 0 N–H and O–H groups in total. The molecule has 0 fully saturated rings. The molecule has 0 heterocycles. The van der Waals surface area contributed by atoms with Crippen molar-refractivity contribution in [3.8, 4) is 0 Å². The van der Waals surface area contributed by atoms with Crippen molar-refractivity contribution in [2.24, 2.45) is 0 Å². The highest BCUT2D eigenvalue weighted by Crippen LogP contribution is 2.22. The van der Waals surface area contributed by atoms with Crippen LogP contribution in [0.5, 0.6) is 0 Å². The third-order valence-corrected chi connectivity index (χ3v) is 7.54. The Morgan fingerprint density at radius 2 is 1.82 bits per heavy atom. The molecule has 68 valence electrons. The lowest BCUT2D eigenvalue weighted by atomic mass is 10.6. The highest BCUT2D eigenvalue weighted by atomic mass is 32.1. The van der Waals surface area contributed by atoms with Crippen LogP contribution in [0, 0.1) is 0 Å². The average Bonchev–Trinajstić information content (AvgIpc) is 2.08. The first-order valence-electron chi connectivity index (χ1n) is 4.40. The van der Waals surface area contributed by atoms with E-state index in [0.29, 0.717) is 0 Å². The van der Waals surface area contributed by atoms with Gasteiger partial charge in [0.25, 0.3) is 0 Å². The summed E-state index contributed by atoms with van der Waals surface area (Å²) >= 11 is 4.22. The van der Waals surface area contributed by atoms with Crippen molar-refractivity contribution in [1.29, 1.82) is 0 Å². The van der Waals surface area contributed by atoms with E-state index in [-0.39, 0.29) is 0 Å². The second-order valence-electron chi connectivity index (χ2n) is 2.92. The van der Waals surface area contributed by atoms with E-state index in [2.05, 4.69) is 26.5 Å². The minimum Gasteiger partial charge on any atom is -0.420 e. The average molecular weight is 192 g/mol. The summed E-state index contributed by atoms with van der Waals surface area (Å²) in [6.45, 7) is 4.50. The first-order chi connectivity index (χ1) is 5.24. The largest absolute Gasteiger partial charge is 0.420 e. The van der Waals surface area contributed by atoms with Crippen LogP contribution in [0.2, 0.25) is 18.1 Å². The normalized spacial score (nSPS) is 12.0. The smallest absolute Gasteiger partial charge is 0.191 e. The Morgan fingerprint density at radius 1 is 1.27 bits per heavy atom. The molecule has 0 amide bonds. The molecular weight excluding hydrogens is 172 g/mol. The molecule has 1 nitrogen and oxygen atoms in total. The lowest BCUT2D eigenvalue weighted by Gasteiger charge is -2.26. The first kappa shape index (κ1) is 11.5. The maximum absolute atomic E-state index is 5.64. The van der Waals surface area contributed by atoms with Crippen molar-refractivity contribution in [2.75, 3.05) is 12.9 Å². The van der Waals surface area contributed by atoms with Gasteiger partial charge in [0.05, 0.1) is 0 Å². The maximum Gasteiger partial charge on any atom is 0.191 e. The van der Waals surface area contributed by atoms with Gasteiger partial charge in [-0.25, -0.2) is 0 Å². The summed E-state index contributed by atoms with van der Waals surface area (Å²) in [5.74, 6) is 0.998. The SMILES string of the molecule is CC[Si](CC)(CCCS)OC. The Labute approximate surface area is 77.1 Å². The molecule has 3 heteroatoms. The van der Waals surface area contributed by atoms with Crippen molar-refractivity contribution >= 4 is 20.9 Å². The van der Waals surface area contributed by atoms with Gasteiger partial charge in [0.2, 0.25) is 0 Å². The number of hydrogen-bond donors (Lipinski definition) is 1. The van der Waals surface area contributed by atoms with E-state index in [0.717, 1.165) is 5.75 Å². The predicted octanol–water partition coefficient (Wildman–Crippen LogP) is 2.94. The van der Waals surface area contributed by atoms with E-state index in [1.807, 2.05) is 7.11 Å². The summed E-state index contributed by atoms with van der Waals surface area (Å²) in [4.78, 5) is 0. The molecule has 0 radical (unpaired) electrons. The molecule has 0 aliphatic carbocycles. The standard InChI is InChI=1S/C8H20OSSi/c1-4-11(5-2,9-3)8-6-7-10/h10H,4-8H2,1-3H3. The van der Waals surface area contributed by atoms with Crippen molar-refractivity contribution in [2.45, 2.75) is 38.4 Å². The quantitative estimate of drug-likeness (QED) is 0.503. The van der Waals surface area contributed by atoms with Crippen LogP contribution in [0.25, 0.3) is 0 Å². The van der Waals surface area contributed by atoms with Crippen molar-refractivity contribution in [3.63, 3.8) is 0 Å². The van der Waals surface area contributed by atoms with E-state index >= 15 is 0 Å². The van der Waals surface area contributed by atoms with Gasteiger partial charge in [-0.05, 0) is 30.3 Å². The lowest BCUT2D eigenvalue weighted by molar-refractivity contribution is 0.391. The second kappa shape index (κ2) is 6.09. The van der Waals surface area contributed by atoms with Crippen LogP contribution in [-0.2, 0) is 4.43 Å². The Morgan fingerprint density at radius 3 is 2.09 bits per heavy atom. The first-order valence-corrected chi connectivity index (χ1v) is 7.57. The fourth-order valence-corrected chi connectivity index (χ4v) is 4.66. The van der Waals surface area contributed by atoms with Gasteiger partial charge in [0, 0.05) is 7.11 Å². The highest BCUT2D eigenvalue weighted by Gasteiger charge is 2.28. The Hall–Kier alpha value is 0.527. The van der Waals surface area contributed by atoms with Crippen LogP contribution in [-0.4, -0.2) is 21.2 Å². The van der Waals surface area contributed by atoms with Crippen molar-refractivity contribution < 1.29 is 4.43 Å². The van der Waals surface area contributed by atoms with E-state index in [1.165, 1.54) is 24.6 Å². The van der Waals surface area contributed by atoms with Gasteiger partial charge in [0.15, 0.2) is 8.32 Å². The molecule has 0 atom stereocenters. The molecule has 0 aliphatic heterocycles. The minimum absolute atomic E-state index is 0.998.